The Bertz CT molecular complexity index is 3340. The van der Waals surface area contributed by atoms with E-state index in [2.05, 4.69) is 53.1 Å². The van der Waals surface area contributed by atoms with Gasteiger partial charge in [-0.15, -0.1) is 0 Å². The van der Waals surface area contributed by atoms with Crippen LogP contribution in [0.3, 0.4) is 0 Å². The van der Waals surface area contributed by atoms with Crippen LogP contribution in [-0.2, 0) is 113 Å². The number of aryl methyl sites for hydroxylation is 3. The molecule has 0 fully saturated rings. The fourth-order valence-corrected chi connectivity index (χ4v) is 6.67. The molecule has 0 saturated heterocycles. The second-order valence-corrected chi connectivity index (χ2v) is 17.7. The summed E-state index contributed by atoms with van der Waals surface area (Å²) in [6, 6.07) is 12.2. The normalized spacial score (nSPS) is 9.66. The minimum Gasteiger partial charge on any atom is -0.463 e. The van der Waals surface area contributed by atoms with Gasteiger partial charge in [-0.25, -0.2) is 46.3 Å². The largest absolute Gasteiger partial charge is 0.463 e. The van der Waals surface area contributed by atoms with Crippen molar-refractivity contribution in [3.05, 3.63) is 220 Å². The number of pyridine rings is 4. The number of rotatable bonds is 21. The third kappa shape index (κ3) is 28.7. The second-order valence-electron chi connectivity index (χ2n) is 16.5. The first-order valence-electron chi connectivity index (χ1n) is 24.0. The average molecular weight is 1310 g/mol. The summed E-state index contributed by atoms with van der Waals surface area (Å²) in [5.74, 6) is -8.08. The predicted octanol–water partition coefficient (Wildman–Crippen LogP) is 12.0. The first-order chi connectivity index (χ1) is 41.8. The van der Waals surface area contributed by atoms with Crippen molar-refractivity contribution in [1.82, 2.24) is 19.9 Å². The molecule has 31 heteroatoms. The zero-order valence-electron chi connectivity index (χ0n) is 46.4. The van der Waals surface area contributed by atoms with E-state index >= 15 is 0 Å². The smallest absolute Gasteiger partial charge is 0.293 e. The Morgan fingerprint density at radius 1 is 0.386 bits per heavy atom. The number of ether oxygens (including phenoxy) is 7. The van der Waals surface area contributed by atoms with Crippen molar-refractivity contribution in [2.75, 3.05) is 0 Å². The van der Waals surface area contributed by atoms with Crippen LogP contribution in [0.4, 0.5) is 43.9 Å². The summed E-state index contributed by atoms with van der Waals surface area (Å²) < 4.78 is 158. The molecule has 0 aliphatic carbocycles. The van der Waals surface area contributed by atoms with Crippen LogP contribution in [0.2, 0.25) is 15.1 Å². The van der Waals surface area contributed by atoms with Gasteiger partial charge >= 0.3 is 0 Å². The molecule has 472 valence electrons. The van der Waals surface area contributed by atoms with Gasteiger partial charge in [0.25, 0.3) is 45.3 Å². The highest BCUT2D eigenvalue weighted by Gasteiger charge is 2.16. The number of benzene rings is 3. The van der Waals surface area contributed by atoms with Crippen molar-refractivity contribution in [3.63, 3.8) is 0 Å². The maximum atomic E-state index is 13.0. The molecule has 0 aliphatic rings. The highest BCUT2D eigenvalue weighted by Crippen LogP contribution is 2.27. The monoisotopic (exact) mass is 1310 g/mol. The summed E-state index contributed by atoms with van der Waals surface area (Å²) in [6.45, 7) is 9.66. The van der Waals surface area contributed by atoms with Crippen LogP contribution < -0.4 is 0 Å². The van der Waals surface area contributed by atoms with Crippen molar-refractivity contribution in [3.8, 4) is 0 Å². The fourth-order valence-electron chi connectivity index (χ4n) is 5.98. The average Bonchev–Trinajstić information content (AvgIpc) is 1.64. The van der Waals surface area contributed by atoms with Gasteiger partial charge in [0.1, 0.15) is 46.2 Å². The predicted molar refractivity (Wildman–Crippen MR) is 291 cm³/mol. The van der Waals surface area contributed by atoms with Gasteiger partial charge in [0.2, 0.25) is 23.8 Å². The van der Waals surface area contributed by atoms with E-state index < -0.39 is 58.7 Å². The summed E-state index contributed by atoms with van der Waals surface area (Å²) in [5.41, 5.74) is 4.98. The molecule has 0 amide bonds. The molecule has 0 unspecified atom stereocenters. The number of halogens is 13. The van der Waals surface area contributed by atoms with E-state index in [0.717, 1.165) is 24.3 Å². The minimum atomic E-state index is -1.03. The van der Waals surface area contributed by atoms with Gasteiger partial charge in [-0.2, -0.15) is 17.6 Å². The molecular formula is C57H49Cl3F10N4O14. The van der Waals surface area contributed by atoms with Gasteiger partial charge in [-0.05, 0) is 101 Å². The van der Waals surface area contributed by atoms with E-state index in [-0.39, 0.29) is 109 Å². The summed E-state index contributed by atoms with van der Waals surface area (Å²) >= 11 is 16.9. The van der Waals surface area contributed by atoms with Crippen molar-refractivity contribution in [2.45, 2.75) is 80.9 Å². The first kappa shape index (κ1) is 76.7. The molecule has 18 nitrogen and oxygen atoms in total. The Balaban J connectivity index is 0.000000514. The van der Waals surface area contributed by atoms with Crippen LogP contribution in [0.15, 0.2) is 79.3 Å². The van der Waals surface area contributed by atoms with E-state index in [1.54, 1.807) is 39.0 Å². The number of aromatic nitrogens is 4. The van der Waals surface area contributed by atoms with Crippen LogP contribution in [0, 0.1) is 93.3 Å². The summed E-state index contributed by atoms with van der Waals surface area (Å²) in [7, 11) is 0. The van der Waals surface area contributed by atoms with E-state index in [1.165, 1.54) is 50.6 Å². The summed E-state index contributed by atoms with van der Waals surface area (Å²) in [5, 5.41) is 0.148. The highest BCUT2D eigenvalue weighted by molar-refractivity contribution is 6.32. The van der Waals surface area contributed by atoms with Crippen LogP contribution in [-0.4, -0.2) is 65.2 Å². The van der Waals surface area contributed by atoms with Crippen molar-refractivity contribution in [1.29, 1.82) is 0 Å². The Hall–Kier alpha value is -9.28. The van der Waals surface area contributed by atoms with E-state index in [1.807, 2.05) is 0 Å². The molecule has 4 aromatic heterocycles. The Labute approximate surface area is 509 Å². The fraction of sp³-hybridized carbons (Fsp3) is 0.211. The Morgan fingerprint density at radius 2 is 0.773 bits per heavy atom. The molecule has 7 rings (SSSR count). The van der Waals surface area contributed by atoms with Crippen LogP contribution >= 0.6 is 34.8 Å². The molecule has 7 aromatic rings. The first-order valence-corrected chi connectivity index (χ1v) is 25.2. The highest BCUT2D eigenvalue weighted by atomic mass is 35.5. The lowest BCUT2D eigenvalue weighted by atomic mass is 10.1. The van der Waals surface area contributed by atoms with Crippen molar-refractivity contribution in [2.24, 2.45) is 0 Å². The molecule has 0 radical (unpaired) electrons. The molecule has 0 bridgehead atoms. The van der Waals surface area contributed by atoms with Crippen LogP contribution in [0.5, 0.6) is 0 Å². The molecule has 88 heavy (non-hydrogen) atoms. The number of hydrogen-bond acceptors (Lipinski definition) is 18. The lowest BCUT2D eigenvalue weighted by Gasteiger charge is -2.08. The Kier molecular flexibility index (Phi) is 37.1. The van der Waals surface area contributed by atoms with Gasteiger partial charge < -0.3 is 33.2 Å². The van der Waals surface area contributed by atoms with E-state index in [9.17, 15) is 77.5 Å². The maximum Gasteiger partial charge on any atom is 0.293 e. The van der Waals surface area contributed by atoms with Crippen molar-refractivity contribution >= 4 is 80.1 Å². The van der Waals surface area contributed by atoms with Gasteiger partial charge in [0.15, 0.2) is 34.9 Å². The molecular weight excluding hydrogens is 1260 g/mol. The number of hydrogen-bond donors (Lipinski definition) is 0. The Morgan fingerprint density at radius 3 is 1.24 bits per heavy atom. The van der Waals surface area contributed by atoms with Gasteiger partial charge in [-0.3, -0.25) is 33.6 Å². The molecule has 0 aliphatic heterocycles. The zero-order chi connectivity index (χ0) is 66.3. The topological polar surface area (TPSA) is 236 Å². The molecule has 0 spiro atoms. The van der Waals surface area contributed by atoms with Gasteiger partial charge in [0.05, 0.1) is 15.1 Å². The second kappa shape index (κ2) is 42.5. The lowest BCUT2D eigenvalue weighted by Crippen LogP contribution is -2.00. The maximum absolute atomic E-state index is 13.0. The van der Waals surface area contributed by atoms with Gasteiger partial charge in [0, 0.05) is 79.9 Å². The lowest BCUT2D eigenvalue weighted by molar-refractivity contribution is -0.130. The summed E-state index contributed by atoms with van der Waals surface area (Å²) in [4.78, 5) is 82.7. The SMILES string of the molecule is Cc1c(F)c(F)cc(COC=O)c1Cl.Cc1c(F)c(F)cc(Cl)c1COC=O.Cc1cc(COC=O)cnc1F.Cc1cc(COC=O)cnc1F.Cc1nc(F)ccc1COC=O.O=COCc1cc(F)c(F)cc1Cl.O=COCc1ccc(F)nc1. The molecule has 0 N–H and O–H groups in total. The quantitative estimate of drug-likeness (QED) is 0.0214. The number of carbonyl (C=O) groups excluding carboxylic acids is 7. The number of carbonyl (C=O) groups is 7. The van der Waals surface area contributed by atoms with Gasteiger partial charge in [-0.1, -0.05) is 34.8 Å². The van der Waals surface area contributed by atoms with E-state index in [0.29, 0.717) is 65.0 Å². The van der Waals surface area contributed by atoms with Crippen molar-refractivity contribution < 1.29 is 111 Å². The molecule has 3 aromatic carbocycles. The molecule has 4 heterocycles. The molecule has 0 atom stereocenters. The standard InChI is InChI=1S/2C9H7ClF2O2.C8H5ClF2O2.3C8H8FNO2.C7H6FNO2/c1-5-6(3-14-4-13)7(10)2-8(11)9(5)12;1-5-8(10)6(3-14-4-13)2-7(11)9(5)12;9-6-2-8(11)7(10)1-5(6)3-13-4-12;2*1-6-2-7(4-12-5-11)3-10-8(6)9;1-6-7(4-12-5-11)2-3-8(9)10-6;8-7-2-1-6(3-9-7)4-11-5-10/h2*2,4H,3H2,1H3;1-2,4H,3H2;3*2-3,5H,4H2,1H3;1-3,5H,4H2. The van der Waals surface area contributed by atoms with E-state index in [4.69, 9.17) is 34.8 Å². The minimum absolute atomic E-state index is 0.0103. The molecule has 0 saturated carbocycles. The summed E-state index contributed by atoms with van der Waals surface area (Å²) in [6.07, 6.45) is 4.00. The third-order valence-electron chi connectivity index (χ3n) is 10.3. The van der Waals surface area contributed by atoms with Crippen LogP contribution in [0.1, 0.15) is 66.9 Å². The zero-order valence-corrected chi connectivity index (χ0v) is 48.7. The third-order valence-corrected chi connectivity index (χ3v) is 11.6. The number of nitrogens with zero attached hydrogens (tertiary/aromatic N) is 4. The van der Waals surface area contributed by atoms with Crippen LogP contribution in [0.25, 0.3) is 0 Å².